The van der Waals surface area contributed by atoms with Gasteiger partial charge >= 0.3 is 0 Å². The molecule has 13 heavy (non-hydrogen) atoms. The van der Waals surface area contributed by atoms with Crippen LogP contribution >= 0.6 is 11.3 Å². The lowest BCUT2D eigenvalue weighted by molar-refractivity contribution is 0.398. The van der Waals surface area contributed by atoms with Crippen LogP contribution in [0, 0.1) is 0 Å². The lowest BCUT2D eigenvalue weighted by atomic mass is 10.3. The van der Waals surface area contributed by atoms with Crippen LogP contribution in [0.4, 0.5) is 0 Å². The number of thiazole rings is 1. The molecule has 68 valence electrons. The molecule has 0 atom stereocenters. The first kappa shape index (κ1) is 8.31. The van der Waals surface area contributed by atoms with Gasteiger partial charge in [0.1, 0.15) is 11.5 Å². The number of ether oxygens (including phenoxy) is 2. The average Bonchev–Trinajstić information content (AvgIpc) is 2.63. The van der Waals surface area contributed by atoms with Crippen molar-refractivity contribution in [1.82, 2.24) is 4.98 Å². The highest BCUT2D eigenvalue weighted by Crippen LogP contribution is 2.32. The summed E-state index contributed by atoms with van der Waals surface area (Å²) in [6.45, 7) is 0. The van der Waals surface area contributed by atoms with Gasteiger partial charge in [0.2, 0.25) is 0 Å². The van der Waals surface area contributed by atoms with E-state index < -0.39 is 0 Å². The molecule has 0 spiro atoms. The quantitative estimate of drug-likeness (QED) is 0.736. The highest BCUT2D eigenvalue weighted by molar-refractivity contribution is 7.17. The van der Waals surface area contributed by atoms with Crippen LogP contribution in [0.1, 0.15) is 0 Å². The average molecular weight is 195 g/mol. The van der Waals surface area contributed by atoms with Crippen molar-refractivity contribution in [2.75, 3.05) is 14.2 Å². The summed E-state index contributed by atoms with van der Waals surface area (Å²) >= 11 is 1.57. The predicted molar refractivity (Wildman–Crippen MR) is 52.7 cm³/mol. The topological polar surface area (TPSA) is 31.4 Å². The SMILES string of the molecule is COc1cc(OC)c2scnc2c1. The molecule has 0 saturated heterocycles. The van der Waals surface area contributed by atoms with Crippen LogP contribution in [0.25, 0.3) is 10.2 Å². The van der Waals surface area contributed by atoms with Crippen molar-refractivity contribution in [3.05, 3.63) is 17.6 Å². The maximum Gasteiger partial charge on any atom is 0.141 e. The fraction of sp³-hybridized carbons (Fsp3) is 0.222. The van der Waals surface area contributed by atoms with E-state index >= 15 is 0 Å². The first-order valence-electron chi connectivity index (χ1n) is 3.80. The highest BCUT2D eigenvalue weighted by atomic mass is 32.1. The standard InChI is InChI=1S/C9H9NO2S/c1-11-6-3-7-9(13-5-10-7)8(4-6)12-2/h3-5H,1-2H3. The van der Waals surface area contributed by atoms with Crippen molar-refractivity contribution in [3.63, 3.8) is 0 Å². The van der Waals surface area contributed by atoms with Crippen molar-refractivity contribution in [2.24, 2.45) is 0 Å². The maximum atomic E-state index is 5.22. The van der Waals surface area contributed by atoms with Crippen LogP contribution in [0.15, 0.2) is 17.6 Å². The minimum absolute atomic E-state index is 0.773. The second-order valence-electron chi connectivity index (χ2n) is 2.53. The molecule has 0 aliphatic heterocycles. The molecule has 2 aromatic rings. The number of fused-ring (bicyclic) bond motifs is 1. The van der Waals surface area contributed by atoms with Crippen LogP contribution in [0.2, 0.25) is 0 Å². The van der Waals surface area contributed by atoms with E-state index in [-0.39, 0.29) is 0 Å². The number of hydrogen-bond acceptors (Lipinski definition) is 4. The number of rotatable bonds is 2. The fourth-order valence-electron chi connectivity index (χ4n) is 1.18. The van der Waals surface area contributed by atoms with E-state index in [0.29, 0.717) is 0 Å². The third-order valence-corrected chi connectivity index (χ3v) is 2.68. The Balaban J connectivity index is 2.70. The molecule has 0 fully saturated rings. The Morgan fingerprint density at radius 3 is 2.77 bits per heavy atom. The molecular weight excluding hydrogens is 186 g/mol. The number of hydrogen-bond donors (Lipinski definition) is 0. The summed E-state index contributed by atoms with van der Waals surface area (Å²) in [7, 11) is 3.28. The van der Waals surface area contributed by atoms with E-state index in [9.17, 15) is 0 Å². The minimum atomic E-state index is 0.773. The van der Waals surface area contributed by atoms with Gasteiger partial charge in [0, 0.05) is 12.1 Å². The van der Waals surface area contributed by atoms with Gasteiger partial charge in [-0.1, -0.05) is 0 Å². The van der Waals surface area contributed by atoms with Gasteiger partial charge in [-0.05, 0) is 0 Å². The summed E-state index contributed by atoms with van der Waals surface area (Å²) in [5.41, 5.74) is 2.72. The Morgan fingerprint density at radius 1 is 1.23 bits per heavy atom. The summed E-state index contributed by atoms with van der Waals surface area (Å²) in [4.78, 5) is 4.19. The third kappa shape index (κ3) is 1.33. The fourth-order valence-corrected chi connectivity index (χ4v) is 1.95. The van der Waals surface area contributed by atoms with Crippen LogP contribution in [0.3, 0.4) is 0 Å². The Morgan fingerprint density at radius 2 is 2.08 bits per heavy atom. The molecule has 4 heteroatoms. The van der Waals surface area contributed by atoms with Crippen LogP contribution in [-0.2, 0) is 0 Å². The lowest BCUT2D eigenvalue weighted by Crippen LogP contribution is -1.86. The smallest absolute Gasteiger partial charge is 0.141 e. The van der Waals surface area contributed by atoms with Gasteiger partial charge < -0.3 is 9.47 Å². The molecule has 0 bridgehead atoms. The molecule has 3 nitrogen and oxygen atoms in total. The van der Waals surface area contributed by atoms with Crippen LogP contribution in [0.5, 0.6) is 11.5 Å². The molecule has 0 amide bonds. The van der Waals surface area contributed by atoms with Gasteiger partial charge in [-0.3, -0.25) is 0 Å². The van der Waals surface area contributed by atoms with Gasteiger partial charge in [-0.25, -0.2) is 4.98 Å². The Labute approximate surface area is 79.9 Å². The zero-order valence-electron chi connectivity index (χ0n) is 7.40. The van der Waals surface area contributed by atoms with Crippen molar-refractivity contribution in [2.45, 2.75) is 0 Å². The van der Waals surface area contributed by atoms with E-state index in [1.807, 2.05) is 12.1 Å². The summed E-state index contributed by atoms with van der Waals surface area (Å²) in [5, 5.41) is 0. The van der Waals surface area contributed by atoms with Crippen molar-refractivity contribution in [3.8, 4) is 11.5 Å². The summed E-state index contributed by atoms with van der Waals surface area (Å²) in [5.74, 6) is 1.59. The summed E-state index contributed by atoms with van der Waals surface area (Å²) < 4.78 is 11.4. The Kier molecular flexibility index (Phi) is 2.06. The van der Waals surface area contributed by atoms with Gasteiger partial charge in [0.05, 0.1) is 29.9 Å². The maximum absolute atomic E-state index is 5.22. The Hall–Kier alpha value is -1.29. The predicted octanol–water partition coefficient (Wildman–Crippen LogP) is 2.31. The van der Waals surface area contributed by atoms with E-state index in [2.05, 4.69) is 4.98 Å². The molecular formula is C9H9NO2S. The molecule has 1 aromatic carbocycles. The molecule has 0 aliphatic rings. The van der Waals surface area contributed by atoms with Crippen molar-refractivity contribution in [1.29, 1.82) is 0 Å². The Bertz CT molecular complexity index is 424. The molecule has 0 unspecified atom stereocenters. The van der Waals surface area contributed by atoms with Crippen LogP contribution in [-0.4, -0.2) is 19.2 Å². The van der Waals surface area contributed by atoms with Gasteiger partial charge in [-0.2, -0.15) is 0 Å². The van der Waals surface area contributed by atoms with Crippen LogP contribution < -0.4 is 9.47 Å². The molecule has 1 aromatic heterocycles. The third-order valence-electron chi connectivity index (χ3n) is 1.83. The number of nitrogens with zero attached hydrogens (tertiary/aromatic N) is 1. The van der Waals surface area contributed by atoms with Gasteiger partial charge in [-0.15, -0.1) is 11.3 Å². The van der Waals surface area contributed by atoms with E-state index in [1.54, 1.807) is 31.1 Å². The molecule has 2 rings (SSSR count). The van der Waals surface area contributed by atoms with Gasteiger partial charge in [0.25, 0.3) is 0 Å². The number of aromatic nitrogens is 1. The largest absolute Gasteiger partial charge is 0.497 e. The number of methoxy groups -OCH3 is 2. The summed E-state index contributed by atoms with van der Waals surface area (Å²) in [6.07, 6.45) is 0. The molecule has 0 N–H and O–H groups in total. The lowest BCUT2D eigenvalue weighted by Gasteiger charge is -2.03. The summed E-state index contributed by atoms with van der Waals surface area (Å²) in [6, 6.07) is 3.76. The zero-order valence-corrected chi connectivity index (χ0v) is 8.22. The number of benzene rings is 1. The van der Waals surface area contributed by atoms with Gasteiger partial charge in [0.15, 0.2) is 0 Å². The first-order chi connectivity index (χ1) is 6.35. The monoisotopic (exact) mass is 195 g/mol. The van der Waals surface area contributed by atoms with Crippen molar-refractivity contribution >= 4 is 21.6 Å². The molecule has 1 heterocycles. The molecule has 0 aliphatic carbocycles. The highest BCUT2D eigenvalue weighted by Gasteiger charge is 2.06. The molecule has 0 saturated carbocycles. The van der Waals surface area contributed by atoms with E-state index in [0.717, 1.165) is 21.7 Å². The van der Waals surface area contributed by atoms with E-state index in [1.165, 1.54) is 0 Å². The normalized spacial score (nSPS) is 10.3. The van der Waals surface area contributed by atoms with E-state index in [4.69, 9.17) is 9.47 Å². The second-order valence-corrected chi connectivity index (χ2v) is 3.39. The van der Waals surface area contributed by atoms with Crippen molar-refractivity contribution < 1.29 is 9.47 Å². The first-order valence-corrected chi connectivity index (χ1v) is 4.68. The zero-order chi connectivity index (χ0) is 9.26. The second kappa shape index (κ2) is 3.22. The minimum Gasteiger partial charge on any atom is -0.497 e. The molecule has 0 radical (unpaired) electrons.